The molecule has 4 heteroatoms. The van der Waals surface area contributed by atoms with E-state index in [0.29, 0.717) is 13.0 Å². The Balaban J connectivity index is 1.60. The minimum atomic E-state index is 0.00820. The first kappa shape index (κ1) is 16.5. The van der Waals surface area contributed by atoms with Crippen LogP contribution < -0.4 is 0 Å². The molecular weight excluding hydrogens is 324 g/mol. The molecule has 0 fully saturated rings. The molecular formula is C22H22N2O2. The Kier molecular flexibility index (Phi) is 4.48. The minimum absolute atomic E-state index is 0.00820. The van der Waals surface area contributed by atoms with Crippen molar-refractivity contribution in [2.75, 3.05) is 13.7 Å². The van der Waals surface area contributed by atoms with Crippen LogP contribution >= 0.6 is 0 Å². The van der Waals surface area contributed by atoms with Crippen LogP contribution in [-0.2, 0) is 16.0 Å². The van der Waals surface area contributed by atoms with Crippen LogP contribution in [0.15, 0.2) is 72.6 Å². The predicted molar refractivity (Wildman–Crippen MR) is 103 cm³/mol. The van der Waals surface area contributed by atoms with Crippen molar-refractivity contribution in [1.29, 1.82) is 0 Å². The Labute approximate surface area is 153 Å². The van der Waals surface area contributed by atoms with Crippen molar-refractivity contribution in [1.82, 2.24) is 9.88 Å². The van der Waals surface area contributed by atoms with E-state index in [-0.39, 0.29) is 11.9 Å². The molecule has 2 aromatic carbocycles. The Hall–Kier alpha value is -3.01. The van der Waals surface area contributed by atoms with Gasteiger partial charge in [-0.15, -0.1) is 0 Å². The normalized spacial score (nSPS) is 17.4. The first-order chi connectivity index (χ1) is 12.8. The van der Waals surface area contributed by atoms with Gasteiger partial charge < -0.3 is 14.6 Å². The number of hydrogen-bond acceptors (Lipinski definition) is 2. The van der Waals surface area contributed by atoms with Gasteiger partial charge in [-0.2, -0.15) is 0 Å². The summed E-state index contributed by atoms with van der Waals surface area (Å²) in [7, 11) is 1.63. The zero-order valence-electron chi connectivity index (χ0n) is 14.8. The number of carbonyl (C=O) groups excluding carboxylic acids is 1. The topological polar surface area (TPSA) is 45.3 Å². The summed E-state index contributed by atoms with van der Waals surface area (Å²) in [5.74, 6) is 0.758. The lowest BCUT2D eigenvalue weighted by Gasteiger charge is -2.35. The molecule has 1 atom stereocenters. The fraction of sp³-hybridized carbons (Fsp3) is 0.227. The first-order valence-electron chi connectivity index (χ1n) is 8.91. The number of amides is 1. The fourth-order valence-electron chi connectivity index (χ4n) is 3.69. The molecule has 0 aliphatic carbocycles. The number of carbonyl (C=O) groups is 1. The summed E-state index contributed by atoms with van der Waals surface area (Å²) in [6, 6.07) is 18.5. The molecule has 1 aliphatic rings. The van der Waals surface area contributed by atoms with Gasteiger partial charge in [0.25, 0.3) is 0 Å². The number of benzene rings is 2. The van der Waals surface area contributed by atoms with Crippen LogP contribution in [0.25, 0.3) is 10.9 Å². The number of ether oxygens (including phenoxy) is 1. The average Bonchev–Trinajstić information content (AvgIpc) is 3.10. The summed E-state index contributed by atoms with van der Waals surface area (Å²) < 4.78 is 5.38. The highest BCUT2D eigenvalue weighted by Gasteiger charge is 2.30. The van der Waals surface area contributed by atoms with Gasteiger partial charge in [-0.1, -0.05) is 48.5 Å². The molecule has 4 rings (SSSR count). The van der Waals surface area contributed by atoms with Gasteiger partial charge >= 0.3 is 0 Å². The van der Waals surface area contributed by atoms with E-state index in [9.17, 15) is 4.79 Å². The van der Waals surface area contributed by atoms with E-state index < -0.39 is 0 Å². The Morgan fingerprint density at radius 1 is 1.12 bits per heavy atom. The van der Waals surface area contributed by atoms with Crippen molar-refractivity contribution < 1.29 is 9.53 Å². The fourth-order valence-corrected chi connectivity index (χ4v) is 3.69. The van der Waals surface area contributed by atoms with Crippen LogP contribution in [0.1, 0.15) is 23.6 Å². The number of H-pyrrole nitrogens is 1. The van der Waals surface area contributed by atoms with Crippen molar-refractivity contribution in [3.63, 3.8) is 0 Å². The van der Waals surface area contributed by atoms with E-state index >= 15 is 0 Å². The number of fused-ring (bicyclic) bond motifs is 1. The summed E-state index contributed by atoms with van der Waals surface area (Å²) >= 11 is 0. The van der Waals surface area contributed by atoms with E-state index in [1.165, 1.54) is 10.9 Å². The van der Waals surface area contributed by atoms with Crippen LogP contribution in [0.3, 0.4) is 0 Å². The third kappa shape index (κ3) is 3.10. The number of rotatable bonds is 5. The van der Waals surface area contributed by atoms with Gasteiger partial charge in [0.05, 0.1) is 13.2 Å². The second kappa shape index (κ2) is 7.08. The van der Waals surface area contributed by atoms with Gasteiger partial charge in [0.1, 0.15) is 5.76 Å². The summed E-state index contributed by atoms with van der Waals surface area (Å²) in [6.45, 7) is 0.674. The quantitative estimate of drug-likeness (QED) is 0.752. The molecule has 1 aromatic heterocycles. The smallest absolute Gasteiger partial charge is 0.250 e. The minimum Gasteiger partial charge on any atom is -0.501 e. The lowest BCUT2D eigenvalue weighted by atomic mass is 9.97. The third-order valence-electron chi connectivity index (χ3n) is 5.08. The van der Waals surface area contributed by atoms with Gasteiger partial charge in [0, 0.05) is 36.1 Å². The van der Waals surface area contributed by atoms with Gasteiger partial charge in [0.15, 0.2) is 0 Å². The number of para-hydroxylation sites is 1. The number of nitrogens with zero attached hydrogens (tertiary/aromatic N) is 1. The third-order valence-corrected chi connectivity index (χ3v) is 5.08. The van der Waals surface area contributed by atoms with Crippen molar-refractivity contribution in [3.05, 3.63) is 83.8 Å². The first-order valence-corrected chi connectivity index (χ1v) is 8.91. The SMILES string of the molecule is COC1=CC(=O)N(CCc2c[nH]c3ccccc23)C(c2ccccc2)C1. The molecule has 1 amide bonds. The van der Waals surface area contributed by atoms with Crippen LogP contribution in [-0.4, -0.2) is 29.4 Å². The zero-order chi connectivity index (χ0) is 17.9. The van der Waals surface area contributed by atoms with Crippen molar-refractivity contribution in [2.24, 2.45) is 0 Å². The standard InChI is InChI=1S/C22H22N2O2/c1-26-18-13-21(16-7-3-2-4-8-16)24(22(25)14-18)12-11-17-15-23-20-10-6-5-9-19(17)20/h2-10,14-15,21,23H,11-13H2,1H3. The monoisotopic (exact) mass is 346 g/mol. The van der Waals surface area contributed by atoms with Crippen molar-refractivity contribution >= 4 is 16.8 Å². The van der Waals surface area contributed by atoms with E-state index in [1.54, 1.807) is 13.2 Å². The van der Waals surface area contributed by atoms with Gasteiger partial charge in [-0.05, 0) is 23.6 Å². The molecule has 0 saturated carbocycles. The van der Waals surface area contributed by atoms with Crippen molar-refractivity contribution in [3.8, 4) is 0 Å². The Bertz CT molecular complexity index is 943. The Morgan fingerprint density at radius 2 is 1.88 bits per heavy atom. The second-order valence-corrected chi connectivity index (χ2v) is 6.59. The Morgan fingerprint density at radius 3 is 2.69 bits per heavy atom. The van der Waals surface area contributed by atoms with Gasteiger partial charge in [-0.25, -0.2) is 0 Å². The highest BCUT2D eigenvalue weighted by molar-refractivity contribution is 5.89. The highest BCUT2D eigenvalue weighted by atomic mass is 16.5. The van der Waals surface area contributed by atoms with Gasteiger partial charge in [-0.3, -0.25) is 4.79 Å². The molecule has 1 N–H and O–H groups in total. The molecule has 132 valence electrons. The maximum absolute atomic E-state index is 12.7. The lowest BCUT2D eigenvalue weighted by Crippen LogP contribution is -2.38. The molecule has 0 radical (unpaired) electrons. The van der Waals surface area contributed by atoms with E-state index in [0.717, 1.165) is 23.3 Å². The summed E-state index contributed by atoms with van der Waals surface area (Å²) in [5.41, 5.74) is 3.51. The molecule has 0 spiro atoms. The van der Waals surface area contributed by atoms with Crippen LogP contribution in [0, 0.1) is 0 Å². The maximum atomic E-state index is 12.7. The molecule has 0 saturated heterocycles. The van der Waals surface area contributed by atoms with Crippen LogP contribution in [0.4, 0.5) is 0 Å². The number of hydrogen-bond donors (Lipinski definition) is 1. The van der Waals surface area contributed by atoms with E-state index in [2.05, 4.69) is 29.2 Å². The number of aromatic amines is 1. The summed E-state index contributed by atoms with van der Waals surface area (Å²) in [5, 5.41) is 1.22. The number of aromatic nitrogens is 1. The van der Waals surface area contributed by atoms with E-state index in [1.807, 2.05) is 41.4 Å². The second-order valence-electron chi connectivity index (χ2n) is 6.59. The summed E-state index contributed by atoms with van der Waals surface area (Å²) in [4.78, 5) is 18.0. The molecule has 3 aromatic rings. The van der Waals surface area contributed by atoms with E-state index in [4.69, 9.17) is 4.74 Å². The molecule has 1 aliphatic heterocycles. The van der Waals surface area contributed by atoms with Crippen molar-refractivity contribution in [2.45, 2.75) is 18.9 Å². The zero-order valence-corrected chi connectivity index (χ0v) is 14.8. The predicted octanol–water partition coefficient (Wildman–Crippen LogP) is 4.21. The molecule has 4 nitrogen and oxygen atoms in total. The molecule has 1 unspecified atom stereocenters. The van der Waals surface area contributed by atoms with Crippen LogP contribution in [0.2, 0.25) is 0 Å². The highest BCUT2D eigenvalue weighted by Crippen LogP contribution is 2.32. The summed E-state index contributed by atoms with van der Waals surface area (Å²) in [6.07, 6.45) is 5.19. The number of nitrogens with one attached hydrogen (secondary N) is 1. The largest absolute Gasteiger partial charge is 0.501 e. The maximum Gasteiger partial charge on any atom is 0.250 e. The van der Waals surface area contributed by atoms with Gasteiger partial charge in [0.2, 0.25) is 5.91 Å². The lowest BCUT2D eigenvalue weighted by molar-refractivity contribution is -0.129. The van der Waals surface area contributed by atoms with Crippen LogP contribution in [0.5, 0.6) is 0 Å². The molecule has 2 heterocycles. The molecule has 0 bridgehead atoms. The average molecular weight is 346 g/mol. The number of methoxy groups -OCH3 is 1. The molecule has 26 heavy (non-hydrogen) atoms.